The molecule has 3 rings (SSSR count). The molecular formula is C15H13FN4. The van der Waals surface area contributed by atoms with E-state index in [1.165, 1.54) is 12.1 Å². The summed E-state index contributed by atoms with van der Waals surface area (Å²) in [6.07, 6.45) is 0. The summed E-state index contributed by atoms with van der Waals surface area (Å²) < 4.78 is 12.9. The van der Waals surface area contributed by atoms with Crippen LogP contribution in [0.4, 0.5) is 10.3 Å². The molecule has 0 spiro atoms. The molecule has 0 radical (unpaired) electrons. The summed E-state index contributed by atoms with van der Waals surface area (Å²) in [5.74, 6) is 0.213. The van der Waals surface area contributed by atoms with Gasteiger partial charge in [0.2, 0.25) is 5.95 Å². The van der Waals surface area contributed by atoms with Crippen molar-refractivity contribution < 1.29 is 4.39 Å². The van der Waals surface area contributed by atoms with E-state index >= 15 is 0 Å². The molecule has 0 aliphatic rings. The lowest BCUT2D eigenvalue weighted by molar-refractivity contribution is 0.626. The Labute approximate surface area is 115 Å². The first-order chi connectivity index (χ1) is 9.72. The fourth-order valence-corrected chi connectivity index (χ4v) is 1.97. The minimum atomic E-state index is -0.246. The number of hydrogen-bond acceptors (Lipinski definition) is 4. The Kier molecular flexibility index (Phi) is 3.25. The van der Waals surface area contributed by atoms with Crippen LogP contribution >= 0.6 is 0 Å². The molecule has 1 atom stereocenters. The second-order valence-corrected chi connectivity index (χ2v) is 4.54. The number of hydrogen-bond donors (Lipinski definition) is 1. The van der Waals surface area contributed by atoms with Crippen LogP contribution in [0.5, 0.6) is 0 Å². The van der Waals surface area contributed by atoms with Gasteiger partial charge < -0.3 is 5.32 Å². The van der Waals surface area contributed by atoms with Gasteiger partial charge in [0.05, 0.1) is 11.6 Å². The predicted octanol–water partition coefficient (Wildman–Crippen LogP) is 3.34. The number of fused-ring (bicyclic) bond motifs is 1. The normalized spacial score (nSPS) is 12.3. The highest BCUT2D eigenvalue weighted by atomic mass is 19.1. The molecule has 2 aromatic carbocycles. The zero-order valence-electron chi connectivity index (χ0n) is 10.9. The number of anilines is 1. The van der Waals surface area contributed by atoms with Crippen molar-refractivity contribution in [3.63, 3.8) is 0 Å². The number of para-hydroxylation sites is 1. The van der Waals surface area contributed by atoms with Gasteiger partial charge in [0.15, 0.2) is 0 Å². The monoisotopic (exact) mass is 268 g/mol. The van der Waals surface area contributed by atoms with E-state index in [4.69, 9.17) is 0 Å². The van der Waals surface area contributed by atoms with Crippen LogP contribution in [-0.4, -0.2) is 15.2 Å². The van der Waals surface area contributed by atoms with Gasteiger partial charge >= 0.3 is 0 Å². The van der Waals surface area contributed by atoms with Crippen LogP contribution < -0.4 is 5.32 Å². The summed E-state index contributed by atoms with van der Waals surface area (Å²) in [5, 5.41) is 11.3. The molecule has 1 N–H and O–H groups in total. The Bertz CT molecular complexity index is 727. The molecule has 5 heteroatoms. The molecule has 3 aromatic rings. The molecule has 4 nitrogen and oxygen atoms in total. The molecule has 0 saturated heterocycles. The second kappa shape index (κ2) is 5.21. The molecule has 0 bridgehead atoms. The Morgan fingerprint density at radius 1 is 0.950 bits per heavy atom. The van der Waals surface area contributed by atoms with E-state index in [0.29, 0.717) is 5.95 Å². The van der Waals surface area contributed by atoms with Crippen LogP contribution in [0.2, 0.25) is 0 Å². The topological polar surface area (TPSA) is 50.7 Å². The second-order valence-electron chi connectivity index (χ2n) is 4.54. The third kappa shape index (κ3) is 2.56. The average molecular weight is 268 g/mol. The summed E-state index contributed by atoms with van der Waals surface area (Å²) in [6, 6.07) is 13.9. The van der Waals surface area contributed by atoms with E-state index < -0.39 is 0 Å². The van der Waals surface area contributed by atoms with E-state index in [1.807, 2.05) is 31.2 Å². The number of nitrogens with one attached hydrogen (secondary N) is 1. The Morgan fingerprint density at radius 2 is 1.65 bits per heavy atom. The minimum Gasteiger partial charge on any atom is -0.346 e. The summed E-state index contributed by atoms with van der Waals surface area (Å²) in [5.41, 5.74) is 2.51. The molecule has 0 amide bonds. The molecule has 1 unspecified atom stereocenters. The van der Waals surface area contributed by atoms with E-state index in [9.17, 15) is 4.39 Å². The minimum absolute atomic E-state index is 0.0291. The molecular weight excluding hydrogens is 255 g/mol. The van der Waals surface area contributed by atoms with Crippen molar-refractivity contribution in [1.82, 2.24) is 15.2 Å². The van der Waals surface area contributed by atoms with Crippen molar-refractivity contribution in [2.75, 3.05) is 5.32 Å². The highest BCUT2D eigenvalue weighted by Gasteiger charge is 2.08. The van der Waals surface area contributed by atoms with Gasteiger partial charge in [-0.3, -0.25) is 0 Å². The van der Waals surface area contributed by atoms with Crippen LogP contribution in [0.1, 0.15) is 18.5 Å². The maximum atomic E-state index is 12.9. The molecule has 0 saturated carbocycles. The number of halogens is 1. The average Bonchev–Trinajstić information content (AvgIpc) is 2.48. The van der Waals surface area contributed by atoms with Gasteiger partial charge in [-0.05, 0) is 36.8 Å². The summed E-state index contributed by atoms with van der Waals surface area (Å²) in [7, 11) is 0. The van der Waals surface area contributed by atoms with Crippen molar-refractivity contribution in [3.8, 4) is 0 Å². The van der Waals surface area contributed by atoms with Gasteiger partial charge in [-0.15, -0.1) is 10.2 Å². The Morgan fingerprint density at radius 3 is 2.40 bits per heavy atom. The largest absolute Gasteiger partial charge is 0.346 e. The molecule has 1 aromatic heterocycles. The van der Waals surface area contributed by atoms with Gasteiger partial charge in [0.1, 0.15) is 11.3 Å². The predicted molar refractivity (Wildman–Crippen MR) is 75.8 cm³/mol. The van der Waals surface area contributed by atoms with E-state index in [0.717, 1.165) is 16.6 Å². The highest BCUT2D eigenvalue weighted by Crippen LogP contribution is 2.17. The Hall–Kier alpha value is -2.56. The lowest BCUT2D eigenvalue weighted by atomic mass is 10.1. The maximum absolute atomic E-state index is 12.9. The zero-order valence-corrected chi connectivity index (χ0v) is 10.9. The lowest BCUT2D eigenvalue weighted by Gasteiger charge is -2.13. The van der Waals surface area contributed by atoms with Crippen molar-refractivity contribution in [2.24, 2.45) is 0 Å². The van der Waals surface area contributed by atoms with Crippen molar-refractivity contribution in [2.45, 2.75) is 13.0 Å². The number of rotatable bonds is 3. The van der Waals surface area contributed by atoms with Crippen LogP contribution in [0.3, 0.4) is 0 Å². The summed E-state index contributed by atoms with van der Waals surface area (Å²) >= 11 is 0. The zero-order chi connectivity index (χ0) is 13.9. The summed E-state index contributed by atoms with van der Waals surface area (Å²) in [4.78, 5) is 4.40. The van der Waals surface area contributed by atoms with Crippen LogP contribution in [0.15, 0.2) is 48.5 Å². The quantitative estimate of drug-likeness (QED) is 0.791. The third-order valence-corrected chi connectivity index (χ3v) is 3.08. The Balaban J connectivity index is 1.83. The third-order valence-electron chi connectivity index (χ3n) is 3.08. The molecule has 20 heavy (non-hydrogen) atoms. The first kappa shape index (κ1) is 12.5. The first-order valence-electron chi connectivity index (χ1n) is 6.34. The van der Waals surface area contributed by atoms with Gasteiger partial charge in [0.25, 0.3) is 0 Å². The number of nitrogens with zero attached hydrogens (tertiary/aromatic N) is 3. The van der Waals surface area contributed by atoms with Gasteiger partial charge in [-0.25, -0.2) is 9.37 Å². The van der Waals surface area contributed by atoms with E-state index in [-0.39, 0.29) is 11.9 Å². The van der Waals surface area contributed by atoms with Gasteiger partial charge in [0, 0.05) is 0 Å². The SMILES string of the molecule is CC(Nc1nnc2ccccc2n1)c1ccc(F)cc1. The first-order valence-corrected chi connectivity index (χ1v) is 6.34. The molecule has 0 aliphatic heterocycles. The molecule has 1 heterocycles. The smallest absolute Gasteiger partial charge is 0.243 e. The van der Waals surface area contributed by atoms with E-state index in [2.05, 4.69) is 20.5 Å². The van der Waals surface area contributed by atoms with Crippen LogP contribution in [0.25, 0.3) is 11.0 Å². The number of benzene rings is 2. The fraction of sp³-hybridized carbons (Fsp3) is 0.133. The standard InChI is InChI=1S/C15H13FN4/c1-10(11-6-8-12(16)9-7-11)17-15-18-13-4-2-3-5-14(13)19-20-15/h2-10H,1H3,(H,17,18,20). The number of aromatic nitrogens is 3. The van der Waals surface area contributed by atoms with Gasteiger partial charge in [-0.1, -0.05) is 24.3 Å². The molecule has 100 valence electrons. The summed E-state index contributed by atoms with van der Waals surface area (Å²) in [6.45, 7) is 1.96. The van der Waals surface area contributed by atoms with Crippen LogP contribution in [-0.2, 0) is 0 Å². The maximum Gasteiger partial charge on any atom is 0.243 e. The molecule has 0 fully saturated rings. The lowest BCUT2D eigenvalue weighted by Crippen LogP contribution is -2.10. The van der Waals surface area contributed by atoms with Crippen molar-refractivity contribution in [1.29, 1.82) is 0 Å². The van der Waals surface area contributed by atoms with Gasteiger partial charge in [-0.2, -0.15) is 0 Å². The molecule has 0 aliphatic carbocycles. The van der Waals surface area contributed by atoms with E-state index in [1.54, 1.807) is 12.1 Å². The van der Waals surface area contributed by atoms with Crippen LogP contribution in [0, 0.1) is 5.82 Å². The highest BCUT2D eigenvalue weighted by molar-refractivity contribution is 5.74. The fourth-order valence-electron chi connectivity index (χ4n) is 1.97. The van der Waals surface area contributed by atoms with Crippen molar-refractivity contribution >= 4 is 17.0 Å². The van der Waals surface area contributed by atoms with Crippen molar-refractivity contribution in [3.05, 3.63) is 59.9 Å².